The van der Waals surface area contributed by atoms with Crippen molar-refractivity contribution in [2.75, 3.05) is 10.6 Å². The fourth-order valence-corrected chi connectivity index (χ4v) is 3.97. The smallest absolute Gasteiger partial charge is 0.272 e. The third kappa shape index (κ3) is 4.55. The van der Waals surface area contributed by atoms with Crippen LogP contribution in [0.25, 0.3) is 10.9 Å². The van der Waals surface area contributed by atoms with Gasteiger partial charge in [0.05, 0.1) is 0 Å². The summed E-state index contributed by atoms with van der Waals surface area (Å²) in [5.41, 5.74) is 6.22. The van der Waals surface area contributed by atoms with Crippen molar-refractivity contribution in [3.05, 3.63) is 71.4 Å². The Morgan fingerprint density at radius 1 is 1.13 bits per heavy atom. The quantitative estimate of drug-likeness (QED) is 0.461. The zero-order valence-corrected chi connectivity index (χ0v) is 19.0. The first-order valence-corrected chi connectivity index (χ1v) is 10.7. The molecule has 31 heavy (non-hydrogen) atoms. The van der Waals surface area contributed by atoms with Crippen LogP contribution < -0.4 is 10.6 Å². The molecule has 2 N–H and O–H groups in total. The van der Waals surface area contributed by atoms with Gasteiger partial charge in [-0.3, -0.25) is 9.59 Å². The molecule has 0 radical (unpaired) electrons. The summed E-state index contributed by atoms with van der Waals surface area (Å²) in [7, 11) is 0. The second-order valence-electron chi connectivity index (χ2n) is 8.16. The summed E-state index contributed by atoms with van der Waals surface area (Å²) in [5.74, 6) is 0.0909. The molecule has 5 heteroatoms. The fourth-order valence-electron chi connectivity index (χ4n) is 3.97. The molecule has 0 unspecified atom stereocenters. The molecule has 0 spiro atoms. The van der Waals surface area contributed by atoms with Crippen LogP contribution in [0.1, 0.15) is 60.8 Å². The SMILES string of the molecule is C=CCn1c(C(=O)Nc2cc(NC(C)=O)ccc2CC)c(C)c2cc(C(C)C)ccc21. The van der Waals surface area contributed by atoms with E-state index in [4.69, 9.17) is 0 Å². The molecule has 1 aromatic heterocycles. The second-order valence-corrected chi connectivity index (χ2v) is 8.16. The van der Waals surface area contributed by atoms with Gasteiger partial charge in [0.25, 0.3) is 5.91 Å². The molecule has 2 amide bonds. The average Bonchev–Trinajstić information content (AvgIpc) is 2.99. The number of rotatable bonds is 7. The number of nitrogens with one attached hydrogen (secondary N) is 2. The summed E-state index contributed by atoms with van der Waals surface area (Å²) in [6, 6.07) is 12.0. The number of anilines is 2. The van der Waals surface area contributed by atoms with E-state index in [1.165, 1.54) is 12.5 Å². The highest BCUT2D eigenvalue weighted by Gasteiger charge is 2.21. The maximum Gasteiger partial charge on any atom is 0.272 e. The number of benzene rings is 2. The van der Waals surface area contributed by atoms with Crippen molar-refractivity contribution in [2.45, 2.75) is 53.5 Å². The lowest BCUT2D eigenvalue weighted by Gasteiger charge is -2.14. The Morgan fingerprint density at radius 2 is 1.87 bits per heavy atom. The van der Waals surface area contributed by atoms with Gasteiger partial charge in [-0.05, 0) is 60.2 Å². The molecular weight excluding hydrogens is 386 g/mol. The summed E-state index contributed by atoms with van der Waals surface area (Å²) in [6.07, 6.45) is 2.57. The molecule has 0 fully saturated rings. The van der Waals surface area contributed by atoms with E-state index >= 15 is 0 Å². The molecule has 0 aliphatic carbocycles. The van der Waals surface area contributed by atoms with Gasteiger partial charge in [0.1, 0.15) is 5.69 Å². The molecule has 0 atom stereocenters. The van der Waals surface area contributed by atoms with Gasteiger partial charge >= 0.3 is 0 Å². The zero-order valence-electron chi connectivity index (χ0n) is 19.0. The Labute approximate surface area is 184 Å². The number of aromatic nitrogens is 1. The van der Waals surface area contributed by atoms with Gasteiger partial charge in [-0.15, -0.1) is 6.58 Å². The predicted molar refractivity (Wildman–Crippen MR) is 129 cm³/mol. The van der Waals surface area contributed by atoms with Crippen molar-refractivity contribution in [3.63, 3.8) is 0 Å². The lowest BCUT2D eigenvalue weighted by molar-refractivity contribution is -0.114. The number of hydrogen-bond acceptors (Lipinski definition) is 2. The highest BCUT2D eigenvalue weighted by atomic mass is 16.2. The van der Waals surface area contributed by atoms with Crippen LogP contribution in [-0.4, -0.2) is 16.4 Å². The molecule has 0 saturated carbocycles. The molecule has 2 aromatic carbocycles. The number of hydrogen-bond donors (Lipinski definition) is 2. The van der Waals surface area contributed by atoms with Gasteiger partial charge in [0.15, 0.2) is 0 Å². The predicted octanol–water partition coefficient (Wildman–Crippen LogP) is 6.03. The van der Waals surface area contributed by atoms with Crippen molar-refractivity contribution in [3.8, 4) is 0 Å². The molecule has 0 bridgehead atoms. The minimum Gasteiger partial charge on any atom is -0.332 e. The Hall–Kier alpha value is -3.34. The van der Waals surface area contributed by atoms with Crippen LogP contribution in [0.4, 0.5) is 11.4 Å². The van der Waals surface area contributed by atoms with Crippen molar-refractivity contribution in [2.24, 2.45) is 0 Å². The Kier molecular flexibility index (Phi) is 6.64. The highest BCUT2D eigenvalue weighted by molar-refractivity contribution is 6.09. The van der Waals surface area contributed by atoms with Gasteiger partial charge in [-0.1, -0.05) is 39.0 Å². The van der Waals surface area contributed by atoms with E-state index in [2.05, 4.69) is 49.3 Å². The number of nitrogens with zero attached hydrogens (tertiary/aromatic N) is 1. The monoisotopic (exact) mass is 417 g/mol. The summed E-state index contributed by atoms with van der Waals surface area (Å²) < 4.78 is 2.01. The highest BCUT2D eigenvalue weighted by Crippen LogP contribution is 2.30. The Balaban J connectivity index is 2.08. The van der Waals surface area contributed by atoms with E-state index in [1.807, 2.05) is 36.6 Å². The van der Waals surface area contributed by atoms with Gasteiger partial charge in [-0.25, -0.2) is 0 Å². The molecule has 0 aliphatic heterocycles. The van der Waals surface area contributed by atoms with Crippen molar-refractivity contribution >= 4 is 34.1 Å². The number of carbonyl (C=O) groups is 2. The van der Waals surface area contributed by atoms with Crippen molar-refractivity contribution in [1.82, 2.24) is 4.57 Å². The maximum absolute atomic E-state index is 13.5. The van der Waals surface area contributed by atoms with Crippen LogP contribution in [-0.2, 0) is 17.8 Å². The van der Waals surface area contributed by atoms with Gasteiger partial charge in [0, 0.05) is 35.7 Å². The number of aryl methyl sites for hydroxylation is 2. The Bertz CT molecular complexity index is 1160. The van der Waals surface area contributed by atoms with Gasteiger partial charge < -0.3 is 15.2 Å². The van der Waals surface area contributed by atoms with Crippen LogP contribution in [0.15, 0.2) is 49.1 Å². The topological polar surface area (TPSA) is 63.1 Å². The van der Waals surface area contributed by atoms with Crippen LogP contribution in [0.2, 0.25) is 0 Å². The van der Waals surface area contributed by atoms with E-state index in [0.717, 1.165) is 28.5 Å². The van der Waals surface area contributed by atoms with E-state index in [1.54, 1.807) is 6.08 Å². The Morgan fingerprint density at radius 3 is 2.48 bits per heavy atom. The van der Waals surface area contributed by atoms with Crippen LogP contribution in [0.5, 0.6) is 0 Å². The van der Waals surface area contributed by atoms with E-state index in [0.29, 0.717) is 29.5 Å². The molecular formula is C26H31N3O2. The van der Waals surface area contributed by atoms with Crippen molar-refractivity contribution < 1.29 is 9.59 Å². The summed E-state index contributed by atoms with van der Waals surface area (Å²) in [4.78, 5) is 24.9. The molecule has 3 rings (SSSR count). The molecule has 1 heterocycles. The lowest BCUT2D eigenvalue weighted by Crippen LogP contribution is -2.19. The van der Waals surface area contributed by atoms with E-state index < -0.39 is 0 Å². The van der Waals surface area contributed by atoms with Crippen molar-refractivity contribution in [1.29, 1.82) is 0 Å². The minimum absolute atomic E-state index is 0.149. The molecule has 0 saturated heterocycles. The van der Waals surface area contributed by atoms with Gasteiger partial charge in [0.2, 0.25) is 5.91 Å². The van der Waals surface area contributed by atoms with E-state index in [-0.39, 0.29) is 11.8 Å². The molecule has 3 aromatic rings. The first kappa shape index (κ1) is 22.3. The summed E-state index contributed by atoms with van der Waals surface area (Å²) in [5, 5.41) is 6.95. The third-order valence-corrected chi connectivity index (χ3v) is 5.59. The van der Waals surface area contributed by atoms with Crippen LogP contribution in [0, 0.1) is 6.92 Å². The molecule has 162 valence electrons. The molecule has 5 nitrogen and oxygen atoms in total. The summed E-state index contributed by atoms with van der Waals surface area (Å²) in [6.45, 7) is 14.3. The number of amides is 2. The average molecular weight is 418 g/mol. The second kappa shape index (κ2) is 9.21. The van der Waals surface area contributed by atoms with Gasteiger partial charge in [-0.2, -0.15) is 0 Å². The molecule has 0 aliphatic rings. The number of allylic oxidation sites excluding steroid dienone is 1. The number of fused-ring (bicyclic) bond motifs is 1. The third-order valence-electron chi connectivity index (χ3n) is 5.59. The maximum atomic E-state index is 13.5. The lowest BCUT2D eigenvalue weighted by atomic mass is 10.0. The first-order chi connectivity index (χ1) is 14.8. The normalized spacial score (nSPS) is 11.0. The fraction of sp³-hybridized carbons (Fsp3) is 0.308. The van der Waals surface area contributed by atoms with Crippen LogP contribution >= 0.6 is 0 Å². The minimum atomic E-state index is -0.170. The zero-order chi connectivity index (χ0) is 22.7. The number of carbonyl (C=O) groups excluding carboxylic acids is 2. The largest absolute Gasteiger partial charge is 0.332 e. The van der Waals surface area contributed by atoms with Crippen LogP contribution in [0.3, 0.4) is 0 Å². The van der Waals surface area contributed by atoms with E-state index in [9.17, 15) is 9.59 Å². The first-order valence-electron chi connectivity index (χ1n) is 10.7. The summed E-state index contributed by atoms with van der Waals surface area (Å²) >= 11 is 0. The standard InChI is InChI=1S/C26H31N3O2/c1-7-13-29-24-12-10-20(16(3)4)14-22(24)17(5)25(29)26(31)28-23-15-21(27-18(6)30)11-9-19(23)8-2/h7,9-12,14-16H,1,8,13H2,2-6H3,(H,27,30)(H,28,31).